The van der Waals surface area contributed by atoms with Crippen LogP contribution >= 0.6 is 0 Å². The van der Waals surface area contributed by atoms with E-state index in [1.807, 2.05) is 31.2 Å². The topological polar surface area (TPSA) is 58.9 Å². The zero-order valence-corrected chi connectivity index (χ0v) is 11.2. The van der Waals surface area contributed by atoms with Crippen molar-refractivity contribution in [3.05, 3.63) is 29.8 Å². The summed E-state index contributed by atoms with van der Waals surface area (Å²) in [6.45, 7) is 4.33. The molecular formula is C14H22O4. The molecule has 0 aromatic heterocycles. The summed E-state index contributed by atoms with van der Waals surface area (Å²) in [6.07, 6.45) is -1.48. The summed E-state index contributed by atoms with van der Waals surface area (Å²) < 4.78 is 10.6. The van der Waals surface area contributed by atoms with Crippen LogP contribution in [0.5, 0.6) is 5.75 Å². The van der Waals surface area contributed by atoms with Gasteiger partial charge in [-0.1, -0.05) is 19.1 Å². The van der Waals surface area contributed by atoms with Crippen LogP contribution in [0, 0.1) is 5.92 Å². The molecule has 0 aliphatic heterocycles. The Morgan fingerprint density at radius 1 is 1.11 bits per heavy atom. The quantitative estimate of drug-likeness (QED) is 0.776. The molecule has 1 rings (SSSR count). The van der Waals surface area contributed by atoms with Crippen LogP contribution in [0.4, 0.5) is 0 Å². The Balaban J connectivity index is 2.32. The second-order valence-electron chi connectivity index (χ2n) is 4.57. The Morgan fingerprint density at radius 2 is 1.72 bits per heavy atom. The van der Waals surface area contributed by atoms with E-state index in [0.29, 0.717) is 13.2 Å². The van der Waals surface area contributed by atoms with E-state index in [9.17, 15) is 10.2 Å². The van der Waals surface area contributed by atoms with E-state index in [2.05, 4.69) is 0 Å². The molecule has 3 atom stereocenters. The first kappa shape index (κ1) is 15.0. The van der Waals surface area contributed by atoms with Crippen molar-refractivity contribution in [1.29, 1.82) is 0 Å². The summed E-state index contributed by atoms with van der Waals surface area (Å²) in [5.41, 5.74) is 1.05. The summed E-state index contributed by atoms with van der Waals surface area (Å²) in [6, 6.07) is 7.64. The monoisotopic (exact) mass is 254 g/mol. The second-order valence-corrected chi connectivity index (χ2v) is 4.57. The number of hydrogen-bond donors (Lipinski definition) is 2. The minimum Gasteiger partial charge on any atom is -0.497 e. The van der Waals surface area contributed by atoms with E-state index in [1.54, 1.807) is 14.0 Å². The van der Waals surface area contributed by atoms with E-state index in [1.165, 1.54) is 0 Å². The molecule has 4 nitrogen and oxygen atoms in total. The smallest absolute Gasteiger partial charge is 0.118 e. The van der Waals surface area contributed by atoms with Crippen molar-refractivity contribution < 1.29 is 19.7 Å². The van der Waals surface area contributed by atoms with Gasteiger partial charge in [-0.25, -0.2) is 0 Å². The highest BCUT2D eigenvalue weighted by Crippen LogP contribution is 2.13. The SMILES string of the molecule is COc1ccc(COC[C@H](C)[C@H](O)[C@H](C)O)cc1. The van der Waals surface area contributed by atoms with Gasteiger partial charge in [-0.2, -0.15) is 0 Å². The standard InChI is InChI=1S/C14H22O4/c1-10(14(16)11(2)15)8-18-9-12-4-6-13(17-3)7-5-12/h4-7,10-11,14-16H,8-9H2,1-3H3/t10-,11-,14-/m0/s1. The van der Waals surface area contributed by atoms with Crippen LogP contribution in [-0.2, 0) is 11.3 Å². The van der Waals surface area contributed by atoms with Crippen LogP contribution in [0.3, 0.4) is 0 Å². The van der Waals surface area contributed by atoms with Gasteiger partial charge in [0.25, 0.3) is 0 Å². The van der Waals surface area contributed by atoms with E-state index in [-0.39, 0.29) is 5.92 Å². The van der Waals surface area contributed by atoms with Gasteiger partial charge < -0.3 is 19.7 Å². The first-order valence-electron chi connectivity index (χ1n) is 6.11. The highest BCUT2D eigenvalue weighted by Gasteiger charge is 2.19. The summed E-state index contributed by atoms with van der Waals surface area (Å²) in [5, 5.41) is 18.9. The zero-order chi connectivity index (χ0) is 13.5. The molecule has 4 heteroatoms. The molecule has 1 aromatic carbocycles. The maximum absolute atomic E-state index is 9.61. The molecule has 18 heavy (non-hydrogen) atoms. The maximum Gasteiger partial charge on any atom is 0.118 e. The van der Waals surface area contributed by atoms with Crippen LogP contribution in [0.15, 0.2) is 24.3 Å². The van der Waals surface area contributed by atoms with Crippen molar-refractivity contribution >= 4 is 0 Å². The third-order valence-electron chi connectivity index (χ3n) is 2.89. The molecule has 1 aromatic rings. The van der Waals surface area contributed by atoms with Gasteiger partial charge in [0.05, 0.1) is 32.5 Å². The summed E-state index contributed by atoms with van der Waals surface area (Å²) in [7, 11) is 1.63. The lowest BCUT2D eigenvalue weighted by atomic mass is 10.0. The Bertz CT molecular complexity index is 334. The van der Waals surface area contributed by atoms with Gasteiger partial charge in [0, 0.05) is 5.92 Å². The van der Waals surface area contributed by atoms with Crippen molar-refractivity contribution in [3.63, 3.8) is 0 Å². The van der Waals surface area contributed by atoms with Gasteiger partial charge in [-0.15, -0.1) is 0 Å². The molecule has 0 heterocycles. The molecule has 0 aliphatic rings. The summed E-state index contributed by atoms with van der Waals surface area (Å²) in [4.78, 5) is 0. The number of methoxy groups -OCH3 is 1. The number of rotatable bonds is 7. The van der Waals surface area contributed by atoms with Crippen LogP contribution in [0.2, 0.25) is 0 Å². The molecule has 0 unspecified atom stereocenters. The number of ether oxygens (including phenoxy) is 2. The van der Waals surface area contributed by atoms with Gasteiger partial charge in [0.2, 0.25) is 0 Å². The lowest BCUT2D eigenvalue weighted by Gasteiger charge is -2.21. The Kier molecular flexibility index (Phi) is 6.12. The molecule has 0 aliphatic carbocycles. The molecule has 0 saturated carbocycles. The van der Waals surface area contributed by atoms with Crippen molar-refractivity contribution in [3.8, 4) is 5.75 Å². The predicted molar refractivity (Wildman–Crippen MR) is 69.5 cm³/mol. The Morgan fingerprint density at radius 3 is 2.22 bits per heavy atom. The Labute approximate surface area is 108 Å². The number of aliphatic hydroxyl groups is 2. The minimum absolute atomic E-state index is 0.0942. The average Bonchev–Trinajstić information content (AvgIpc) is 2.38. The highest BCUT2D eigenvalue weighted by atomic mass is 16.5. The van der Waals surface area contributed by atoms with Crippen LogP contribution in [-0.4, -0.2) is 36.1 Å². The summed E-state index contributed by atoms with van der Waals surface area (Å²) in [5.74, 6) is 0.722. The molecule has 0 fully saturated rings. The summed E-state index contributed by atoms with van der Waals surface area (Å²) >= 11 is 0. The van der Waals surface area contributed by atoms with Crippen molar-refractivity contribution in [2.24, 2.45) is 5.92 Å². The number of hydrogen-bond acceptors (Lipinski definition) is 4. The van der Waals surface area contributed by atoms with Crippen molar-refractivity contribution in [2.75, 3.05) is 13.7 Å². The van der Waals surface area contributed by atoms with Gasteiger partial charge in [-0.3, -0.25) is 0 Å². The zero-order valence-electron chi connectivity index (χ0n) is 11.2. The fourth-order valence-electron chi connectivity index (χ4n) is 1.66. The van der Waals surface area contributed by atoms with E-state index in [0.717, 1.165) is 11.3 Å². The molecule has 0 amide bonds. The normalized spacial score (nSPS) is 16.1. The second kappa shape index (κ2) is 7.36. The largest absolute Gasteiger partial charge is 0.497 e. The number of benzene rings is 1. The van der Waals surface area contributed by atoms with Gasteiger partial charge in [0.15, 0.2) is 0 Å². The average molecular weight is 254 g/mol. The minimum atomic E-state index is -0.749. The van der Waals surface area contributed by atoms with E-state index < -0.39 is 12.2 Å². The molecule has 0 radical (unpaired) electrons. The number of aliphatic hydroxyl groups excluding tert-OH is 2. The van der Waals surface area contributed by atoms with Crippen molar-refractivity contribution in [2.45, 2.75) is 32.7 Å². The lowest BCUT2D eigenvalue weighted by molar-refractivity contribution is -0.0338. The molecule has 2 N–H and O–H groups in total. The maximum atomic E-state index is 9.61. The van der Waals surface area contributed by atoms with Gasteiger partial charge in [0.1, 0.15) is 5.75 Å². The third kappa shape index (κ3) is 4.64. The predicted octanol–water partition coefficient (Wildman–Crippen LogP) is 1.59. The van der Waals surface area contributed by atoms with Gasteiger partial charge >= 0.3 is 0 Å². The lowest BCUT2D eigenvalue weighted by Crippen LogP contribution is -2.32. The van der Waals surface area contributed by atoms with Crippen LogP contribution < -0.4 is 4.74 Å². The first-order valence-corrected chi connectivity index (χ1v) is 6.11. The molecule has 0 bridgehead atoms. The fraction of sp³-hybridized carbons (Fsp3) is 0.571. The molecule has 0 saturated heterocycles. The van der Waals surface area contributed by atoms with Crippen molar-refractivity contribution in [1.82, 2.24) is 0 Å². The third-order valence-corrected chi connectivity index (χ3v) is 2.89. The molecule has 0 spiro atoms. The molecule has 102 valence electrons. The van der Waals surface area contributed by atoms with E-state index >= 15 is 0 Å². The highest BCUT2D eigenvalue weighted by molar-refractivity contribution is 5.26. The molecular weight excluding hydrogens is 232 g/mol. The van der Waals surface area contributed by atoms with Crippen LogP contribution in [0.25, 0.3) is 0 Å². The van der Waals surface area contributed by atoms with Crippen LogP contribution in [0.1, 0.15) is 19.4 Å². The Hall–Kier alpha value is -1.10. The van der Waals surface area contributed by atoms with Gasteiger partial charge in [-0.05, 0) is 24.6 Å². The fourth-order valence-corrected chi connectivity index (χ4v) is 1.66. The first-order chi connectivity index (χ1) is 8.54. The van der Waals surface area contributed by atoms with E-state index in [4.69, 9.17) is 9.47 Å².